The number of hydrogen-bond acceptors (Lipinski definition) is 9. The Bertz CT molecular complexity index is 1220. The van der Waals surface area contributed by atoms with Crippen molar-refractivity contribution < 1.29 is 24.3 Å². The molecular weight excluding hydrogens is 466 g/mol. The smallest absolute Gasteiger partial charge is 0.255 e. The van der Waals surface area contributed by atoms with Crippen LogP contribution < -0.4 is 20.9 Å². The van der Waals surface area contributed by atoms with Gasteiger partial charge in [0.2, 0.25) is 23.7 Å². The Morgan fingerprint density at radius 2 is 2.03 bits per heavy atom. The highest BCUT2D eigenvalue weighted by Crippen LogP contribution is 2.32. The normalized spacial score (nSPS) is 21.4. The summed E-state index contributed by atoms with van der Waals surface area (Å²) in [5.41, 5.74) is 1.55. The first-order valence-electron chi connectivity index (χ1n) is 12.0. The predicted octanol–water partition coefficient (Wildman–Crippen LogP) is 0.249. The van der Waals surface area contributed by atoms with Crippen LogP contribution in [0.2, 0.25) is 0 Å². The molecule has 2 atom stereocenters. The average molecular weight is 494 g/mol. The molecule has 2 fully saturated rings. The molecule has 1 aromatic carbocycles. The van der Waals surface area contributed by atoms with Gasteiger partial charge in [0.15, 0.2) is 0 Å². The van der Waals surface area contributed by atoms with Gasteiger partial charge in [0.1, 0.15) is 11.9 Å². The highest BCUT2D eigenvalue weighted by atomic mass is 16.3. The van der Waals surface area contributed by atoms with Crippen molar-refractivity contribution in [3.05, 3.63) is 41.6 Å². The molecule has 5 rings (SSSR count). The summed E-state index contributed by atoms with van der Waals surface area (Å²) in [4.78, 5) is 61.6. The molecule has 0 aliphatic carbocycles. The second-order valence-corrected chi connectivity index (χ2v) is 9.05. The third-order valence-corrected chi connectivity index (χ3v) is 6.77. The zero-order chi connectivity index (χ0) is 25.2. The number of fused-ring (bicyclic) bond motifs is 1. The van der Waals surface area contributed by atoms with E-state index >= 15 is 0 Å². The minimum atomic E-state index is -0.721. The Kier molecular flexibility index (Phi) is 6.51. The van der Waals surface area contributed by atoms with Crippen LogP contribution in [0.15, 0.2) is 30.5 Å². The van der Waals surface area contributed by atoms with Crippen LogP contribution in [0, 0.1) is 0 Å². The van der Waals surface area contributed by atoms with E-state index in [-0.39, 0.29) is 56.3 Å². The number of imide groups is 1. The number of nitrogens with zero attached hydrogens (tertiary/aromatic N) is 4. The number of hydrogen-bond donors (Lipinski definition) is 4. The monoisotopic (exact) mass is 493 g/mol. The molecule has 0 bridgehead atoms. The summed E-state index contributed by atoms with van der Waals surface area (Å²) in [6.07, 6.45) is 3.89. The Balaban J connectivity index is 1.23. The Morgan fingerprint density at radius 1 is 1.17 bits per heavy atom. The second-order valence-electron chi connectivity index (χ2n) is 9.05. The lowest BCUT2D eigenvalue weighted by molar-refractivity contribution is -0.137. The van der Waals surface area contributed by atoms with Gasteiger partial charge in [-0.3, -0.25) is 24.5 Å². The topological polar surface area (TPSA) is 157 Å². The van der Waals surface area contributed by atoms with Gasteiger partial charge in [-0.05, 0) is 37.5 Å². The zero-order valence-corrected chi connectivity index (χ0v) is 19.6. The standard InChI is InChI=1S/C24H27N7O5/c32-13-14-3-2-10-30(14)24-25-9-8-19(28-24)26-11-21(34)27-17-5-1-4-15-16(17)12-31(23(15)36)18-6-7-20(33)29-22(18)35/h1,4-5,8-9,14,18,32H,2-3,6-7,10-13H2,(H,27,34)(H,25,26,28)(H,29,33,35). The van der Waals surface area contributed by atoms with Crippen LogP contribution in [-0.2, 0) is 20.9 Å². The molecule has 3 aliphatic rings. The van der Waals surface area contributed by atoms with Crippen molar-refractivity contribution in [2.24, 2.45) is 0 Å². The molecule has 2 aromatic rings. The van der Waals surface area contributed by atoms with E-state index in [2.05, 4.69) is 25.9 Å². The van der Waals surface area contributed by atoms with Crippen molar-refractivity contribution in [2.75, 3.05) is 35.2 Å². The minimum absolute atomic E-state index is 0.00817. The molecule has 0 saturated carbocycles. The molecule has 0 radical (unpaired) electrons. The van der Waals surface area contributed by atoms with Gasteiger partial charge >= 0.3 is 0 Å². The number of anilines is 3. The van der Waals surface area contributed by atoms with Gasteiger partial charge < -0.3 is 25.5 Å². The summed E-state index contributed by atoms with van der Waals surface area (Å²) >= 11 is 0. The van der Waals surface area contributed by atoms with Crippen molar-refractivity contribution in [1.82, 2.24) is 20.2 Å². The highest BCUT2D eigenvalue weighted by Gasteiger charge is 2.40. The number of benzene rings is 1. The molecule has 4 heterocycles. The Labute approximate surface area is 207 Å². The van der Waals surface area contributed by atoms with Gasteiger partial charge in [0, 0.05) is 42.5 Å². The van der Waals surface area contributed by atoms with Gasteiger partial charge in [-0.25, -0.2) is 4.98 Å². The molecule has 4 amide bonds. The molecule has 2 unspecified atom stereocenters. The number of carbonyl (C=O) groups is 4. The largest absolute Gasteiger partial charge is 0.394 e. The van der Waals surface area contributed by atoms with Crippen molar-refractivity contribution in [2.45, 2.75) is 44.3 Å². The van der Waals surface area contributed by atoms with E-state index in [1.165, 1.54) is 4.90 Å². The number of amides is 4. The van der Waals surface area contributed by atoms with Gasteiger partial charge in [-0.2, -0.15) is 4.98 Å². The molecule has 36 heavy (non-hydrogen) atoms. The van der Waals surface area contributed by atoms with E-state index in [0.717, 1.165) is 19.4 Å². The van der Waals surface area contributed by atoms with Crippen LogP contribution in [-0.4, -0.2) is 75.4 Å². The van der Waals surface area contributed by atoms with Crippen LogP contribution in [0.4, 0.5) is 17.5 Å². The summed E-state index contributed by atoms with van der Waals surface area (Å²) in [5.74, 6) is -0.465. The number of carbonyl (C=O) groups excluding carboxylic acids is 4. The maximum absolute atomic E-state index is 13.0. The molecule has 12 heteroatoms. The number of aromatic nitrogens is 2. The quantitative estimate of drug-likeness (QED) is 0.397. The molecule has 4 N–H and O–H groups in total. The van der Waals surface area contributed by atoms with Crippen LogP contribution in [0.3, 0.4) is 0 Å². The summed E-state index contributed by atoms with van der Waals surface area (Å²) in [6.45, 7) is 0.910. The van der Waals surface area contributed by atoms with Crippen molar-refractivity contribution in [3.8, 4) is 0 Å². The van der Waals surface area contributed by atoms with Crippen molar-refractivity contribution in [1.29, 1.82) is 0 Å². The molecule has 188 valence electrons. The first-order chi connectivity index (χ1) is 17.4. The lowest BCUT2D eigenvalue weighted by Gasteiger charge is -2.29. The average Bonchev–Trinajstić information content (AvgIpc) is 3.48. The van der Waals surface area contributed by atoms with E-state index < -0.39 is 11.9 Å². The van der Waals surface area contributed by atoms with E-state index in [9.17, 15) is 24.3 Å². The SMILES string of the molecule is O=C1CCC(N2Cc3c(NC(=O)CNc4ccnc(N5CCCC5CO)n4)cccc3C2=O)C(=O)N1. The lowest BCUT2D eigenvalue weighted by atomic mass is 10.0. The van der Waals surface area contributed by atoms with Crippen LogP contribution >= 0.6 is 0 Å². The highest BCUT2D eigenvalue weighted by molar-refractivity contribution is 6.07. The molecule has 2 saturated heterocycles. The number of aliphatic hydroxyl groups is 1. The van der Waals surface area contributed by atoms with Crippen LogP contribution in [0.1, 0.15) is 41.6 Å². The summed E-state index contributed by atoms with van der Waals surface area (Å²) in [5, 5.41) is 17.7. The van der Waals surface area contributed by atoms with Crippen LogP contribution in [0.5, 0.6) is 0 Å². The van der Waals surface area contributed by atoms with E-state index in [0.29, 0.717) is 28.6 Å². The van der Waals surface area contributed by atoms with Gasteiger partial charge in [-0.1, -0.05) is 6.07 Å². The van der Waals surface area contributed by atoms with E-state index in [1.807, 2.05) is 4.90 Å². The fourth-order valence-electron chi connectivity index (χ4n) is 4.94. The fourth-order valence-corrected chi connectivity index (χ4v) is 4.94. The first-order valence-corrected chi connectivity index (χ1v) is 12.0. The fraction of sp³-hybridized carbons (Fsp3) is 0.417. The Morgan fingerprint density at radius 3 is 2.83 bits per heavy atom. The second kappa shape index (κ2) is 9.90. The molecule has 1 aromatic heterocycles. The summed E-state index contributed by atoms with van der Waals surface area (Å²) in [7, 11) is 0. The molecular formula is C24H27N7O5. The van der Waals surface area contributed by atoms with Crippen molar-refractivity contribution in [3.63, 3.8) is 0 Å². The van der Waals surface area contributed by atoms with E-state index in [1.54, 1.807) is 30.5 Å². The number of piperidine rings is 1. The molecule has 12 nitrogen and oxygen atoms in total. The maximum atomic E-state index is 13.0. The minimum Gasteiger partial charge on any atom is -0.394 e. The summed E-state index contributed by atoms with van der Waals surface area (Å²) < 4.78 is 0. The maximum Gasteiger partial charge on any atom is 0.255 e. The third-order valence-electron chi connectivity index (χ3n) is 6.77. The van der Waals surface area contributed by atoms with Crippen molar-refractivity contribution >= 4 is 41.1 Å². The molecule has 3 aliphatic heterocycles. The Hall–Kier alpha value is -4.06. The number of rotatable bonds is 7. The van der Waals surface area contributed by atoms with Gasteiger partial charge in [0.25, 0.3) is 5.91 Å². The lowest BCUT2D eigenvalue weighted by Crippen LogP contribution is -2.52. The third kappa shape index (κ3) is 4.59. The van der Waals surface area contributed by atoms with E-state index in [4.69, 9.17) is 0 Å². The predicted molar refractivity (Wildman–Crippen MR) is 129 cm³/mol. The zero-order valence-electron chi connectivity index (χ0n) is 19.6. The van der Waals surface area contributed by atoms with Gasteiger partial charge in [0.05, 0.1) is 19.2 Å². The molecule has 0 spiro atoms. The number of aliphatic hydroxyl groups excluding tert-OH is 1. The summed E-state index contributed by atoms with van der Waals surface area (Å²) in [6, 6.07) is 5.99. The number of nitrogens with one attached hydrogen (secondary N) is 3. The van der Waals surface area contributed by atoms with Crippen LogP contribution in [0.25, 0.3) is 0 Å². The first kappa shape index (κ1) is 23.7. The van der Waals surface area contributed by atoms with Gasteiger partial charge in [-0.15, -0.1) is 0 Å².